The smallest absolute Gasteiger partial charge is 0.0159 e. The van der Waals surface area contributed by atoms with E-state index in [2.05, 4.69) is 148 Å². The highest BCUT2D eigenvalue weighted by atomic mass is 14.4. The van der Waals surface area contributed by atoms with E-state index in [9.17, 15) is 0 Å². The quantitative estimate of drug-likeness (QED) is 0.339. The van der Waals surface area contributed by atoms with Crippen molar-refractivity contribution in [3.05, 3.63) is 166 Å². The zero-order chi connectivity index (χ0) is 26.6. The van der Waals surface area contributed by atoms with Gasteiger partial charge in [-0.1, -0.05) is 135 Å². The zero-order valence-corrected chi connectivity index (χ0v) is 23.0. The average molecular weight is 503 g/mol. The van der Waals surface area contributed by atoms with Crippen LogP contribution in [-0.4, -0.2) is 0 Å². The molecule has 4 aliphatic rings. The summed E-state index contributed by atoms with van der Waals surface area (Å²) in [4.78, 5) is 0. The SMILES string of the molecule is C/C(=C\C=C1\C=CC=CC1)C1=c2ccccc2=C(c2ccc3c(c2)C(C)(C)c2ccccc2-3)[C@@H]2C=CC=CC12. The van der Waals surface area contributed by atoms with E-state index in [-0.39, 0.29) is 5.41 Å². The molecule has 0 N–H and O–H groups in total. The summed E-state index contributed by atoms with van der Waals surface area (Å²) in [5, 5.41) is 2.73. The van der Waals surface area contributed by atoms with Gasteiger partial charge in [0.15, 0.2) is 0 Å². The van der Waals surface area contributed by atoms with E-state index in [0.29, 0.717) is 11.8 Å². The molecule has 0 heteroatoms. The molecule has 2 atom stereocenters. The van der Waals surface area contributed by atoms with Crippen LogP contribution in [0.2, 0.25) is 0 Å². The summed E-state index contributed by atoms with van der Waals surface area (Å²) in [5.41, 5.74) is 12.6. The molecule has 0 fully saturated rings. The second-order valence-corrected chi connectivity index (χ2v) is 11.7. The molecule has 4 aliphatic carbocycles. The Morgan fingerprint density at radius 1 is 0.769 bits per heavy atom. The third-order valence-corrected chi connectivity index (χ3v) is 9.09. The molecule has 3 aromatic carbocycles. The predicted octanol–water partition coefficient (Wildman–Crippen LogP) is 8.10. The van der Waals surface area contributed by atoms with Gasteiger partial charge in [-0.15, -0.1) is 0 Å². The minimum Gasteiger partial charge on any atom is -0.0801 e. The second-order valence-electron chi connectivity index (χ2n) is 11.7. The van der Waals surface area contributed by atoms with Gasteiger partial charge < -0.3 is 0 Å². The lowest BCUT2D eigenvalue weighted by Crippen LogP contribution is -2.40. The first-order chi connectivity index (χ1) is 19.0. The van der Waals surface area contributed by atoms with Gasteiger partial charge >= 0.3 is 0 Å². The summed E-state index contributed by atoms with van der Waals surface area (Å²) in [6.07, 6.45) is 23.6. The van der Waals surface area contributed by atoms with Gasteiger partial charge in [-0.2, -0.15) is 0 Å². The standard InChI is InChI=1S/C39H34/c1-26(21-22-27-13-5-4-6-14-27)37-31-16-7-9-18-33(31)38(34-19-10-8-17-32(34)37)28-23-24-30-29-15-11-12-20-35(29)39(2,3)36(30)25-28/h4-13,15-25,31,33H,14H2,1-3H3/b26-21+,27-22-/t31?,33-/m1/s1. The third-order valence-electron chi connectivity index (χ3n) is 9.09. The molecule has 1 unspecified atom stereocenters. The van der Waals surface area contributed by atoms with Crippen LogP contribution >= 0.6 is 0 Å². The lowest BCUT2D eigenvalue weighted by molar-refractivity contribution is 0.658. The van der Waals surface area contributed by atoms with Crippen molar-refractivity contribution in [1.82, 2.24) is 0 Å². The maximum absolute atomic E-state index is 2.49. The van der Waals surface area contributed by atoms with Crippen molar-refractivity contribution < 1.29 is 0 Å². The number of hydrogen-bond donors (Lipinski definition) is 0. The maximum Gasteiger partial charge on any atom is 0.0159 e. The van der Waals surface area contributed by atoms with E-state index in [1.54, 1.807) is 0 Å². The van der Waals surface area contributed by atoms with Crippen LogP contribution in [0.1, 0.15) is 43.9 Å². The molecule has 7 rings (SSSR count). The lowest BCUT2D eigenvalue weighted by atomic mass is 9.69. The molecule has 0 heterocycles. The Hall–Kier alpha value is -4.16. The summed E-state index contributed by atoms with van der Waals surface area (Å²) in [5.74, 6) is 0.619. The molecule has 0 saturated carbocycles. The van der Waals surface area contributed by atoms with Crippen molar-refractivity contribution in [3.63, 3.8) is 0 Å². The largest absolute Gasteiger partial charge is 0.0801 e. The van der Waals surface area contributed by atoms with E-state index in [1.807, 2.05) is 0 Å². The van der Waals surface area contributed by atoms with Crippen LogP contribution in [0.25, 0.3) is 22.3 Å². The Morgan fingerprint density at radius 2 is 1.51 bits per heavy atom. The van der Waals surface area contributed by atoms with Crippen LogP contribution in [0, 0.1) is 11.8 Å². The van der Waals surface area contributed by atoms with E-state index in [0.717, 1.165) is 6.42 Å². The van der Waals surface area contributed by atoms with Gasteiger partial charge in [-0.05, 0) is 80.0 Å². The Labute approximate surface area is 232 Å². The molecule has 0 bridgehead atoms. The summed E-state index contributed by atoms with van der Waals surface area (Å²) < 4.78 is 0. The molecule has 0 nitrogen and oxygen atoms in total. The van der Waals surface area contributed by atoms with Crippen molar-refractivity contribution in [2.45, 2.75) is 32.6 Å². The zero-order valence-electron chi connectivity index (χ0n) is 23.0. The van der Waals surface area contributed by atoms with Crippen molar-refractivity contribution in [1.29, 1.82) is 0 Å². The molecular weight excluding hydrogens is 468 g/mol. The van der Waals surface area contributed by atoms with Crippen molar-refractivity contribution in [2.75, 3.05) is 0 Å². The van der Waals surface area contributed by atoms with Gasteiger partial charge in [0.1, 0.15) is 0 Å². The summed E-state index contributed by atoms with van der Waals surface area (Å²) in [7, 11) is 0. The van der Waals surface area contributed by atoms with Gasteiger partial charge in [0.2, 0.25) is 0 Å². The molecule has 0 spiro atoms. The Morgan fingerprint density at radius 3 is 2.33 bits per heavy atom. The van der Waals surface area contributed by atoms with Crippen LogP contribution in [0.15, 0.2) is 139 Å². The Balaban J connectivity index is 1.45. The fourth-order valence-electron chi connectivity index (χ4n) is 7.14. The monoisotopic (exact) mass is 502 g/mol. The van der Waals surface area contributed by atoms with Gasteiger partial charge in [0, 0.05) is 17.3 Å². The summed E-state index contributed by atoms with van der Waals surface area (Å²) >= 11 is 0. The van der Waals surface area contributed by atoms with Gasteiger partial charge in [0.25, 0.3) is 0 Å². The Bertz CT molecular complexity index is 1810. The minimum atomic E-state index is -0.00867. The molecule has 39 heavy (non-hydrogen) atoms. The van der Waals surface area contributed by atoms with E-state index < -0.39 is 0 Å². The fraction of sp³-hybridized carbons (Fsp3) is 0.179. The number of benzene rings is 3. The van der Waals surface area contributed by atoms with Crippen LogP contribution in [-0.2, 0) is 5.41 Å². The highest BCUT2D eigenvalue weighted by Crippen LogP contribution is 2.50. The fourth-order valence-corrected chi connectivity index (χ4v) is 7.14. The molecule has 0 saturated heterocycles. The number of fused-ring (bicyclic) bond motifs is 5. The normalized spacial score (nSPS) is 23.1. The van der Waals surface area contributed by atoms with Crippen molar-refractivity contribution in [2.24, 2.45) is 11.8 Å². The van der Waals surface area contributed by atoms with E-state index in [1.165, 1.54) is 60.5 Å². The maximum atomic E-state index is 2.49. The second kappa shape index (κ2) is 9.24. The topological polar surface area (TPSA) is 0 Å². The molecule has 0 radical (unpaired) electrons. The molecule has 0 amide bonds. The van der Waals surface area contributed by atoms with Gasteiger partial charge in [0.05, 0.1) is 0 Å². The number of allylic oxidation sites excluding steroid dienone is 12. The number of rotatable bonds is 3. The highest BCUT2D eigenvalue weighted by molar-refractivity contribution is 5.85. The number of hydrogen-bond acceptors (Lipinski definition) is 0. The molecule has 190 valence electrons. The van der Waals surface area contributed by atoms with Crippen LogP contribution in [0.5, 0.6) is 0 Å². The van der Waals surface area contributed by atoms with Crippen LogP contribution in [0.3, 0.4) is 0 Å². The molecule has 3 aromatic rings. The molecular formula is C39H34. The first kappa shape index (κ1) is 23.9. The third kappa shape index (κ3) is 3.81. The predicted molar refractivity (Wildman–Crippen MR) is 166 cm³/mol. The van der Waals surface area contributed by atoms with Crippen molar-refractivity contribution in [3.8, 4) is 11.1 Å². The molecule has 0 aliphatic heterocycles. The van der Waals surface area contributed by atoms with E-state index in [4.69, 9.17) is 0 Å². The van der Waals surface area contributed by atoms with Crippen molar-refractivity contribution >= 4 is 11.1 Å². The van der Waals surface area contributed by atoms with Crippen LogP contribution in [0.4, 0.5) is 0 Å². The van der Waals surface area contributed by atoms with Gasteiger partial charge in [-0.3, -0.25) is 0 Å². The minimum absolute atomic E-state index is 0.00867. The summed E-state index contributed by atoms with van der Waals surface area (Å²) in [6, 6.07) is 25.2. The average Bonchev–Trinajstić information content (AvgIpc) is 3.21. The van der Waals surface area contributed by atoms with E-state index >= 15 is 0 Å². The van der Waals surface area contributed by atoms with Crippen LogP contribution < -0.4 is 10.4 Å². The summed E-state index contributed by atoms with van der Waals surface area (Å²) in [6.45, 7) is 7.03. The first-order valence-corrected chi connectivity index (χ1v) is 14.2. The lowest BCUT2D eigenvalue weighted by Gasteiger charge is -2.34. The molecule has 0 aromatic heterocycles. The van der Waals surface area contributed by atoms with Gasteiger partial charge in [-0.25, -0.2) is 0 Å². The first-order valence-electron chi connectivity index (χ1n) is 14.2. The Kier molecular flexibility index (Phi) is 5.67. The highest BCUT2D eigenvalue weighted by Gasteiger charge is 2.37.